The molecule has 0 aliphatic carbocycles. The summed E-state index contributed by atoms with van der Waals surface area (Å²) in [7, 11) is -9.88. The number of aliphatic hydroxyl groups excluding tert-OH is 1. The van der Waals surface area contributed by atoms with Gasteiger partial charge in [-0.2, -0.15) is 0 Å². The van der Waals surface area contributed by atoms with Gasteiger partial charge in [0.1, 0.15) is 19.3 Å². The molecule has 0 aliphatic heterocycles. The number of hydrogen-bond acceptors (Lipinski definition) is 15. The van der Waals surface area contributed by atoms with E-state index in [2.05, 4.69) is 34.6 Å². The second-order valence-electron chi connectivity index (χ2n) is 23.3. The van der Waals surface area contributed by atoms with Crippen LogP contribution >= 0.6 is 15.6 Å². The molecule has 0 rings (SSSR count). The highest BCUT2D eigenvalue weighted by atomic mass is 31.2. The molecule has 17 nitrogen and oxygen atoms in total. The Balaban J connectivity index is 5.22. The van der Waals surface area contributed by atoms with E-state index in [0.717, 1.165) is 89.9 Å². The largest absolute Gasteiger partial charge is 0.472 e. The molecular formula is C63H122O17P2. The number of phosphoric ester groups is 2. The molecular weight excluding hydrogens is 1090 g/mol. The van der Waals surface area contributed by atoms with Gasteiger partial charge in [-0.3, -0.25) is 37.3 Å². The summed E-state index contributed by atoms with van der Waals surface area (Å²) in [6.45, 7) is 7.08. The van der Waals surface area contributed by atoms with Crippen molar-refractivity contribution in [2.24, 2.45) is 5.92 Å². The third kappa shape index (κ3) is 57.2. The Morgan fingerprint density at radius 2 is 0.561 bits per heavy atom. The summed E-state index contributed by atoms with van der Waals surface area (Å²) < 4.78 is 67.9. The van der Waals surface area contributed by atoms with Crippen molar-refractivity contribution in [3.8, 4) is 0 Å². The van der Waals surface area contributed by atoms with E-state index in [0.29, 0.717) is 31.6 Å². The summed E-state index contributed by atoms with van der Waals surface area (Å²) in [5.74, 6) is -1.47. The monoisotopic (exact) mass is 1210 g/mol. The number of rotatable bonds is 63. The molecule has 0 aromatic carbocycles. The lowest BCUT2D eigenvalue weighted by molar-refractivity contribution is -0.161. The van der Waals surface area contributed by atoms with Crippen LogP contribution in [0.25, 0.3) is 0 Å². The first-order valence-electron chi connectivity index (χ1n) is 33.1. The van der Waals surface area contributed by atoms with Crippen molar-refractivity contribution in [1.29, 1.82) is 0 Å². The van der Waals surface area contributed by atoms with E-state index in [-0.39, 0.29) is 25.7 Å². The van der Waals surface area contributed by atoms with Gasteiger partial charge in [-0.05, 0) is 31.6 Å². The fraction of sp³-hybridized carbons (Fsp3) is 0.937. The second-order valence-corrected chi connectivity index (χ2v) is 26.2. The lowest BCUT2D eigenvalue weighted by Gasteiger charge is -2.21. The van der Waals surface area contributed by atoms with Crippen LogP contribution in [0.3, 0.4) is 0 Å². The van der Waals surface area contributed by atoms with Crippen molar-refractivity contribution in [1.82, 2.24) is 0 Å². The topological polar surface area (TPSA) is 237 Å². The maximum Gasteiger partial charge on any atom is 0.472 e. The predicted molar refractivity (Wildman–Crippen MR) is 326 cm³/mol. The number of carbonyl (C=O) groups is 4. The van der Waals surface area contributed by atoms with Gasteiger partial charge in [0, 0.05) is 25.7 Å². The van der Waals surface area contributed by atoms with E-state index in [9.17, 15) is 43.2 Å². The fourth-order valence-corrected chi connectivity index (χ4v) is 11.0. The third-order valence-electron chi connectivity index (χ3n) is 14.5. The zero-order valence-corrected chi connectivity index (χ0v) is 54.4. The molecule has 0 fully saturated rings. The summed E-state index contributed by atoms with van der Waals surface area (Å²) in [4.78, 5) is 72.1. The number of esters is 4. The van der Waals surface area contributed by atoms with E-state index >= 15 is 0 Å². The number of carbonyl (C=O) groups excluding carboxylic acids is 4. The summed E-state index contributed by atoms with van der Waals surface area (Å²) in [5, 5.41) is 10.5. The maximum absolute atomic E-state index is 13.0. The number of ether oxygens (including phenoxy) is 4. The van der Waals surface area contributed by atoms with E-state index in [1.54, 1.807) is 0 Å². The van der Waals surface area contributed by atoms with Crippen LogP contribution < -0.4 is 0 Å². The van der Waals surface area contributed by atoms with Crippen LogP contribution in [-0.4, -0.2) is 96.7 Å². The van der Waals surface area contributed by atoms with Crippen molar-refractivity contribution in [3.05, 3.63) is 0 Å². The van der Waals surface area contributed by atoms with Gasteiger partial charge in [0.15, 0.2) is 12.2 Å². The molecule has 486 valence electrons. The van der Waals surface area contributed by atoms with Crippen LogP contribution in [0, 0.1) is 5.92 Å². The van der Waals surface area contributed by atoms with Crippen LogP contribution in [0.15, 0.2) is 0 Å². The fourth-order valence-electron chi connectivity index (χ4n) is 9.41. The van der Waals surface area contributed by atoms with Crippen molar-refractivity contribution in [3.63, 3.8) is 0 Å². The second kappa shape index (κ2) is 56.8. The molecule has 0 bridgehead atoms. The molecule has 0 amide bonds. The first kappa shape index (κ1) is 80.1. The van der Waals surface area contributed by atoms with Crippen LogP contribution in [0.4, 0.5) is 0 Å². The Morgan fingerprint density at radius 1 is 0.329 bits per heavy atom. The lowest BCUT2D eigenvalue weighted by Crippen LogP contribution is -2.30. The molecule has 0 saturated heterocycles. The van der Waals surface area contributed by atoms with Gasteiger partial charge in [0.05, 0.1) is 26.4 Å². The average molecular weight is 1210 g/mol. The van der Waals surface area contributed by atoms with Gasteiger partial charge in [-0.15, -0.1) is 0 Å². The smallest absolute Gasteiger partial charge is 0.462 e. The molecule has 5 atom stereocenters. The molecule has 82 heavy (non-hydrogen) atoms. The van der Waals surface area contributed by atoms with Crippen LogP contribution in [-0.2, 0) is 65.4 Å². The maximum atomic E-state index is 13.0. The van der Waals surface area contributed by atoms with E-state index in [1.165, 1.54) is 141 Å². The van der Waals surface area contributed by atoms with Gasteiger partial charge < -0.3 is 33.8 Å². The molecule has 0 radical (unpaired) electrons. The highest BCUT2D eigenvalue weighted by Crippen LogP contribution is 2.45. The van der Waals surface area contributed by atoms with E-state index < -0.39 is 97.5 Å². The summed E-state index contributed by atoms with van der Waals surface area (Å²) in [6.07, 6.45) is 40.4. The number of hydrogen-bond donors (Lipinski definition) is 3. The average Bonchev–Trinajstić information content (AvgIpc) is 3.45. The standard InChI is InChI=1S/C63H122O17P2/c1-6-9-12-15-18-21-23-24-25-26-29-32-38-43-48-62(67)79-58(52-74-61(66)47-42-37-31-28-22-19-16-13-10-7-2)54-77-81(69,70)75-50-57(64)51-76-82(71,72)78-55-59(80-63(68)49-44-39-34-33-35-40-45-56(4)5)53-73-60(65)46-41-36-30-27-20-17-14-11-8-3/h56-59,64H,6-55H2,1-5H3,(H,69,70)(H,71,72)/t57-,58-,59-/m1/s1. The Hall–Kier alpha value is -1.94. The lowest BCUT2D eigenvalue weighted by atomic mass is 10.0. The third-order valence-corrected chi connectivity index (χ3v) is 16.4. The van der Waals surface area contributed by atoms with Crippen molar-refractivity contribution in [2.75, 3.05) is 39.6 Å². The molecule has 0 aromatic rings. The molecule has 0 aromatic heterocycles. The minimum absolute atomic E-state index is 0.102. The van der Waals surface area contributed by atoms with Gasteiger partial charge >= 0.3 is 39.5 Å². The predicted octanol–water partition coefficient (Wildman–Crippen LogP) is 17.4. The first-order chi connectivity index (χ1) is 39.5. The van der Waals surface area contributed by atoms with Crippen molar-refractivity contribution >= 4 is 39.5 Å². The molecule has 0 heterocycles. The van der Waals surface area contributed by atoms with Crippen molar-refractivity contribution in [2.45, 2.75) is 335 Å². The molecule has 0 aliphatic rings. The van der Waals surface area contributed by atoms with Crippen LogP contribution in [0.5, 0.6) is 0 Å². The Kier molecular flexibility index (Phi) is 55.5. The Labute approximate surface area is 498 Å². The van der Waals surface area contributed by atoms with Gasteiger partial charge in [-0.25, -0.2) is 9.13 Å². The summed E-state index contributed by atoms with van der Waals surface area (Å²) in [6, 6.07) is 0. The number of phosphoric acid groups is 2. The minimum Gasteiger partial charge on any atom is -0.462 e. The molecule has 19 heteroatoms. The normalized spacial score (nSPS) is 14.3. The number of unbranched alkanes of at least 4 members (excludes halogenated alkanes) is 35. The number of aliphatic hydroxyl groups is 1. The molecule has 2 unspecified atom stereocenters. The summed E-state index contributed by atoms with van der Waals surface area (Å²) in [5.41, 5.74) is 0. The van der Waals surface area contributed by atoms with Crippen molar-refractivity contribution < 1.29 is 80.2 Å². The van der Waals surface area contributed by atoms with Gasteiger partial charge in [-0.1, -0.05) is 266 Å². The highest BCUT2D eigenvalue weighted by Gasteiger charge is 2.30. The SMILES string of the molecule is CCCCCCCCCCCCCCCCC(=O)O[C@H](COC(=O)CCCCCCCCCCCC)COP(=O)(O)OC[C@@H](O)COP(=O)(O)OC[C@@H](COC(=O)CCCCCCCCCCC)OC(=O)CCCCCCCCC(C)C. The van der Waals surface area contributed by atoms with Gasteiger partial charge in [0.2, 0.25) is 0 Å². The van der Waals surface area contributed by atoms with Gasteiger partial charge in [0.25, 0.3) is 0 Å². The molecule has 0 saturated carbocycles. The molecule has 3 N–H and O–H groups in total. The van der Waals surface area contributed by atoms with E-state index in [1.807, 2.05) is 0 Å². The first-order valence-corrected chi connectivity index (χ1v) is 36.1. The van der Waals surface area contributed by atoms with Crippen LogP contribution in [0.2, 0.25) is 0 Å². The zero-order chi connectivity index (χ0) is 60.6. The Bertz CT molecular complexity index is 1600. The molecule has 0 spiro atoms. The zero-order valence-electron chi connectivity index (χ0n) is 52.6. The highest BCUT2D eigenvalue weighted by molar-refractivity contribution is 7.47. The Morgan fingerprint density at radius 3 is 0.829 bits per heavy atom. The minimum atomic E-state index is -4.94. The summed E-state index contributed by atoms with van der Waals surface area (Å²) >= 11 is 0. The quantitative estimate of drug-likeness (QED) is 0.0222. The van der Waals surface area contributed by atoms with E-state index in [4.69, 9.17) is 37.0 Å². The van der Waals surface area contributed by atoms with Crippen LogP contribution in [0.1, 0.15) is 317 Å².